The lowest BCUT2D eigenvalue weighted by molar-refractivity contribution is 0.453. The average molecular weight is 171 g/mol. The number of oxazole rings is 1. The van der Waals surface area contributed by atoms with Crippen LogP contribution < -0.4 is 0 Å². The second-order valence-corrected chi connectivity index (χ2v) is 4.21. The lowest BCUT2D eigenvalue weighted by Gasteiger charge is -2.12. The summed E-state index contributed by atoms with van der Waals surface area (Å²) >= 11 is 1.53. The molecular formula is C8H13NOS. The number of hydrogen-bond acceptors (Lipinski definition) is 3. The van der Waals surface area contributed by atoms with Crippen LogP contribution in [0.15, 0.2) is 15.9 Å². The van der Waals surface area contributed by atoms with Gasteiger partial charge in [0.1, 0.15) is 6.26 Å². The van der Waals surface area contributed by atoms with Crippen LogP contribution >= 0.6 is 11.8 Å². The minimum Gasteiger partial charge on any atom is -0.440 e. The van der Waals surface area contributed by atoms with Crippen LogP contribution in [0.2, 0.25) is 0 Å². The number of rotatable bonds is 1. The molecule has 1 aromatic rings. The molecule has 1 heterocycles. The van der Waals surface area contributed by atoms with Gasteiger partial charge in [-0.05, 0) is 6.26 Å². The Kier molecular flexibility index (Phi) is 2.28. The van der Waals surface area contributed by atoms with Gasteiger partial charge in [0.05, 0.1) is 5.69 Å². The summed E-state index contributed by atoms with van der Waals surface area (Å²) in [5, 5.41) is 0.745. The van der Waals surface area contributed by atoms with Gasteiger partial charge in [-0.15, -0.1) is 0 Å². The van der Waals surface area contributed by atoms with Crippen molar-refractivity contribution < 1.29 is 4.42 Å². The molecule has 0 aliphatic carbocycles. The molecular weight excluding hydrogens is 158 g/mol. The van der Waals surface area contributed by atoms with Crippen LogP contribution in [-0.2, 0) is 5.41 Å². The van der Waals surface area contributed by atoms with E-state index in [1.54, 1.807) is 6.26 Å². The van der Waals surface area contributed by atoms with Crippen molar-refractivity contribution in [2.45, 2.75) is 31.4 Å². The third kappa shape index (κ3) is 1.99. The highest BCUT2D eigenvalue weighted by atomic mass is 32.2. The highest BCUT2D eigenvalue weighted by Gasteiger charge is 2.17. The van der Waals surface area contributed by atoms with E-state index in [0.29, 0.717) is 0 Å². The summed E-state index contributed by atoms with van der Waals surface area (Å²) in [5.41, 5.74) is 1.11. The fourth-order valence-electron chi connectivity index (χ4n) is 0.696. The quantitative estimate of drug-likeness (QED) is 0.608. The zero-order chi connectivity index (χ0) is 8.48. The second kappa shape index (κ2) is 2.89. The van der Waals surface area contributed by atoms with Crippen LogP contribution in [0.1, 0.15) is 26.5 Å². The average Bonchev–Trinajstić information content (AvgIpc) is 2.32. The van der Waals surface area contributed by atoms with E-state index in [-0.39, 0.29) is 5.41 Å². The maximum atomic E-state index is 5.19. The van der Waals surface area contributed by atoms with Gasteiger partial charge in [0.15, 0.2) is 0 Å². The van der Waals surface area contributed by atoms with Crippen LogP contribution in [-0.4, -0.2) is 11.2 Å². The van der Waals surface area contributed by atoms with E-state index in [4.69, 9.17) is 4.42 Å². The predicted molar refractivity (Wildman–Crippen MR) is 47.0 cm³/mol. The molecule has 62 valence electrons. The largest absolute Gasteiger partial charge is 0.440 e. The first-order valence-electron chi connectivity index (χ1n) is 3.54. The summed E-state index contributed by atoms with van der Waals surface area (Å²) in [4.78, 5) is 4.30. The number of aromatic nitrogens is 1. The summed E-state index contributed by atoms with van der Waals surface area (Å²) in [5.74, 6) is 0. The van der Waals surface area contributed by atoms with Gasteiger partial charge in [-0.1, -0.05) is 32.5 Å². The zero-order valence-corrected chi connectivity index (χ0v) is 8.16. The van der Waals surface area contributed by atoms with Crippen LogP contribution in [0.5, 0.6) is 0 Å². The minimum atomic E-state index is 0.0947. The topological polar surface area (TPSA) is 26.0 Å². The molecule has 1 aromatic heterocycles. The third-order valence-corrected chi connectivity index (χ3v) is 1.96. The van der Waals surface area contributed by atoms with Gasteiger partial charge in [0.2, 0.25) is 0 Å². The molecule has 0 aromatic carbocycles. The Bertz CT molecular complexity index is 236. The normalized spacial score (nSPS) is 12.0. The Hall–Kier alpha value is -0.440. The summed E-state index contributed by atoms with van der Waals surface area (Å²) in [6.07, 6.45) is 3.68. The molecule has 0 amide bonds. The lowest BCUT2D eigenvalue weighted by atomic mass is 9.93. The van der Waals surface area contributed by atoms with Crippen LogP contribution in [0, 0.1) is 0 Å². The van der Waals surface area contributed by atoms with Crippen molar-refractivity contribution in [2.24, 2.45) is 0 Å². The van der Waals surface area contributed by atoms with Crippen molar-refractivity contribution >= 4 is 11.8 Å². The van der Waals surface area contributed by atoms with Crippen molar-refractivity contribution in [1.29, 1.82) is 0 Å². The van der Waals surface area contributed by atoms with Crippen molar-refractivity contribution in [3.63, 3.8) is 0 Å². The minimum absolute atomic E-state index is 0.0947. The molecule has 0 saturated carbocycles. The molecule has 0 bridgehead atoms. The molecule has 0 atom stereocenters. The molecule has 0 fully saturated rings. The van der Waals surface area contributed by atoms with E-state index >= 15 is 0 Å². The molecule has 0 radical (unpaired) electrons. The van der Waals surface area contributed by atoms with Gasteiger partial charge in [-0.2, -0.15) is 0 Å². The first-order valence-corrected chi connectivity index (χ1v) is 4.76. The Morgan fingerprint density at radius 3 is 2.36 bits per heavy atom. The number of thioether (sulfide) groups is 1. The highest BCUT2D eigenvalue weighted by molar-refractivity contribution is 7.98. The van der Waals surface area contributed by atoms with Gasteiger partial charge >= 0.3 is 0 Å². The van der Waals surface area contributed by atoms with Crippen molar-refractivity contribution in [2.75, 3.05) is 6.26 Å². The van der Waals surface area contributed by atoms with Crippen LogP contribution in [0.3, 0.4) is 0 Å². The monoisotopic (exact) mass is 171 g/mol. The third-order valence-electron chi connectivity index (χ3n) is 1.43. The molecule has 0 N–H and O–H groups in total. The molecule has 11 heavy (non-hydrogen) atoms. The molecule has 0 spiro atoms. The maximum Gasteiger partial charge on any atom is 0.255 e. The maximum absolute atomic E-state index is 5.19. The summed E-state index contributed by atoms with van der Waals surface area (Å²) in [7, 11) is 0. The predicted octanol–water partition coefficient (Wildman–Crippen LogP) is 2.69. The summed E-state index contributed by atoms with van der Waals surface area (Å²) < 4.78 is 5.19. The second-order valence-electron chi connectivity index (χ2n) is 3.45. The SMILES string of the molecule is CSc1nc(C(C)(C)C)co1. The lowest BCUT2D eigenvalue weighted by Crippen LogP contribution is -2.11. The van der Waals surface area contributed by atoms with E-state index < -0.39 is 0 Å². The first kappa shape index (κ1) is 8.65. The Labute approximate surface area is 71.4 Å². The fraction of sp³-hybridized carbons (Fsp3) is 0.625. The molecule has 1 rings (SSSR count). The Morgan fingerprint density at radius 1 is 1.45 bits per heavy atom. The number of nitrogens with zero attached hydrogens (tertiary/aromatic N) is 1. The molecule has 0 aliphatic heterocycles. The van der Waals surface area contributed by atoms with Gasteiger partial charge in [-0.25, -0.2) is 4.98 Å². The van der Waals surface area contributed by atoms with Crippen LogP contribution in [0.25, 0.3) is 0 Å². The smallest absolute Gasteiger partial charge is 0.255 e. The standard InChI is InChI=1S/C8H13NOS/c1-8(2,3)6-5-10-7(9-6)11-4/h5H,1-4H3. The fourth-order valence-corrected chi connectivity index (χ4v) is 1.03. The van der Waals surface area contributed by atoms with E-state index in [1.165, 1.54) is 11.8 Å². The van der Waals surface area contributed by atoms with Crippen molar-refractivity contribution in [3.05, 3.63) is 12.0 Å². The van der Waals surface area contributed by atoms with Gasteiger partial charge in [-0.3, -0.25) is 0 Å². The van der Waals surface area contributed by atoms with Crippen molar-refractivity contribution in [3.8, 4) is 0 Å². The van der Waals surface area contributed by atoms with Gasteiger partial charge in [0, 0.05) is 5.41 Å². The summed E-state index contributed by atoms with van der Waals surface area (Å²) in [6, 6.07) is 0. The van der Waals surface area contributed by atoms with Gasteiger partial charge < -0.3 is 4.42 Å². The molecule has 3 heteroatoms. The zero-order valence-electron chi connectivity index (χ0n) is 7.34. The first-order chi connectivity index (χ1) is 5.04. The van der Waals surface area contributed by atoms with E-state index in [1.807, 2.05) is 6.26 Å². The highest BCUT2D eigenvalue weighted by Crippen LogP contribution is 2.23. The molecule has 2 nitrogen and oxygen atoms in total. The number of hydrogen-bond donors (Lipinski definition) is 0. The van der Waals surface area contributed by atoms with E-state index in [0.717, 1.165) is 10.9 Å². The Balaban J connectivity index is 2.89. The molecule has 0 unspecified atom stereocenters. The summed E-state index contributed by atoms with van der Waals surface area (Å²) in [6.45, 7) is 6.36. The van der Waals surface area contributed by atoms with Crippen molar-refractivity contribution in [1.82, 2.24) is 4.98 Å². The molecule has 0 saturated heterocycles. The van der Waals surface area contributed by atoms with Crippen LogP contribution in [0.4, 0.5) is 0 Å². The molecule has 0 aliphatic rings. The van der Waals surface area contributed by atoms with E-state index in [2.05, 4.69) is 25.8 Å². The van der Waals surface area contributed by atoms with Gasteiger partial charge in [0.25, 0.3) is 5.22 Å². The van der Waals surface area contributed by atoms with E-state index in [9.17, 15) is 0 Å². The Morgan fingerprint density at radius 2 is 2.09 bits per heavy atom.